The van der Waals surface area contributed by atoms with Gasteiger partial charge in [0.05, 0.1) is 22.8 Å². The summed E-state index contributed by atoms with van der Waals surface area (Å²) in [5.41, 5.74) is 2.64. The first-order valence-corrected chi connectivity index (χ1v) is 9.52. The van der Waals surface area contributed by atoms with Crippen LogP contribution in [-0.4, -0.2) is 22.4 Å². The molecule has 1 aromatic heterocycles. The molecule has 0 spiro atoms. The number of hydrogen-bond donors (Lipinski definition) is 1. The van der Waals surface area contributed by atoms with Crippen LogP contribution in [0.4, 0.5) is 17.1 Å². The molecule has 0 aliphatic carbocycles. The van der Waals surface area contributed by atoms with Crippen molar-refractivity contribution < 1.29 is 14.5 Å². The molecule has 3 aromatic rings. The van der Waals surface area contributed by atoms with Gasteiger partial charge >= 0.3 is 0 Å². The van der Waals surface area contributed by atoms with Crippen LogP contribution in [0, 0.1) is 17.0 Å². The lowest BCUT2D eigenvalue weighted by Gasteiger charge is -2.26. The molecule has 1 aliphatic heterocycles. The number of nitrogens with one attached hydrogen (secondary N) is 1. The lowest BCUT2D eigenvalue weighted by atomic mass is 10.1. The quantitative estimate of drug-likeness (QED) is 0.481. The molecule has 1 N–H and O–H groups in total. The number of aryl methyl sites for hydroxylation is 1. The standard InChI is InChI=1S/C22H20N4O4/c1-3-30-16-9-7-15(8-10-16)25-21(20-17(22(25)27)5-4-12-23-20)24-18-11-6-14(2)13-19(18)26(28)29/h4-13,21,24H,3H2,1-2H3. The van der Waals surface area contributed by atoms with Crippen molar-refractivity contribution in [3.05, 3.63) is 87.7 Å². The molecular formula is C22H20N4O4. The number of carbonyl (C=O) groups is 1. The summed E-state index contributed by atoms with van der Waals surface area (Å²) in [6.07, 6.45) is 0.916. The first-order valence-electron chi connectivity index (χ1n) is 9.52. The number of fused-ring (bicyclic) bond motifs is 1. The number of carbonyl (C=O) groups excluding carboxylic acids is 1. The Bertz CT molecular complexity index is 1110. The average molecular weight is 404 g/mol. The summed E-state index contributed by atoms with van der Waals surface area (Å²) in [6.45, 7) is 4.23. The number of pyridine rings is 1. The van der Waals surface area contributed by atoms with Crippen LogP contribution < -0.4 is 15.0 Å². The Morgan fingerprint density at radius 1 is 1.20 bits per heavy atom. The van der Waals surface area contributed by atoms with Crippen LogP contribution in [0.25, 0.3) is 0 Å². The third kappa shape index (κ3) is 3.43. The second-order valence-electron chi connectivity index (χ2n) is 6.86. The second kappa shape index (κ2) is 7.82. The Labute approximate surface area is 173 Å². The Kier molecular flexibility index (Phi) is 5.05. The van der Waals surface area contributed by atoms with Crippen LogP contribution in [0.15, 0.2) is 60.8 Å². The Balaban J connectivity index is 1.77. The van der Waals surface area contributed by atoms with Crippen molar-refractivity contribution >= 4 is 23.0 Å². The molecule has 0 saturated carbocycles. The second-order valence-corrected chi connectivity index (χ2v) is 6.86. The van der Waals surface area contributed by atoms with Gasteiger partial charge in [-0.2, -0.15) is 0 Å². The first-order chi connectivity index (χ1) is 14.5. The van der Waals surface area contributed by atoms with Gasteiger partial charge in [0.1, 0.15) is 11.4 Å². The van der Waals surface area contributed by atoms with Crippen molar-refractivity contribution in [2.75, 3.05) is 16.8 Å². The molecule has 2 heterocycles. The topological polar surface area (TPSA) is 97.6 Å². The van der Waals surface area contributed by atoms with Gasteiger partial charge in [0.15, 0.2) is 6.17 Å². The highest BCUT2D eigenvalue weighted by atomic mass is 16.6. The Morgan fingerprint density at radius 3 is 2.67 bits per heavy atom. The van der Waals surface area contributed by atoms with Gasteiger partial charge < -0.3 is 10.1 Å². The van der Waals surface area contributed by atoms with Gasteiger partial charge in [0, 0.05) is 18.0 Å². The minimum absolute atomic E-state index is 0.0570. The van der Waals surface area contributed by atoms with Crippen LogP contribution in [-0.2, 0) is 0 Å². The van der Waals surface area contributed by atoms with E-state index >= 15 is 0 Å². The number of rotatable bonds is 6. The number of aromatic nitrogens is 1. The van der Waals surface area contributed by atoms with E-state index in [1.807, 2.05) is 6.92 Å². The van der Waals surface area contributed by atoms with E-state index in [9.17, 15) is 14.9 Å². The summed E-state index contributed by atoms with van der Waals surface area (Å²) in [7, 11) is 0. The third-order valence-corrected chi connectivity index (χ3v) is 4.87. The third-order valence-electron chi connectivity index (χ3n) is 4.87. The number of nitro benzene ring substituents is 1. The van der Waals surface area contributed by atoms with Crippen molar-refractivity contribution in [2.45, 2.75) is 20.0 Å². The molecule has 0 bridgehead atoms. The molecule has 1 aliphatic rings. The van der Waals surface area contributed by atoms with E-state index in [1.54, 1.807) is 66.6 Å². The summed E-state index contributed by atoms with van der Waals surface area (Å²) in [4.78, 5) is 30.2. The normalized spacial score (nSPS) is 15.1. The molecule has 8 nitrogen and oxygen atoms in total. The molecule has 152 valence electrons. The summed E-state index contributed by atoms with van der Waals surface area (Å²) in [5, 5.41) is 14.7. The number of nitro groups is 1. The molecule has 1 amide bonds. The van der Waals surface area contributed by atoms with Crippen LogP contribution in [0.2, 0.25) is 0 Å². The van der Waals surface area contributed by atoms with Gasteiger partial charge in [-0.15, -0.1) is 0 Å². The average Bonchev–Trinajstić information content (AvgIpc) is 3.02. The minimum atomic E-state index is -0.687. The summed E-state index contributed by atoms with van der Waals surface area (Å²) >= 11 is 0. The summed E-state index contributed by atoms with van der Waals surface area (Å²) in [6, 6.07) is 15.5. The predicted octanol–water partition coefficient (Wildman–Crippen LogP) is 4.47. The van der Waals surface area contributed by atoms with Gasteiger partial charge in [-0.05, 0) is 61.9 Å². The van der Waals surface area contributed by atoms with Crippen molar-refractivity contribution in [1.82, 2.24) is 4.98 Å². The number of nitrogens with zero attached hydrogens (tertiary/aromatic N) is 3. The number of ether oxygens (including phenoxy) is 1. The highest BCUT2D eigenvalue weighted by Crippen LogP contribution is 2.39. The van der Waals surface area contributed by atoms with E-state index in [0.717, 1.165) is 5.56 Å². The lowest BCUT2D eigenvalue weighted by molar-refractivity contribution is -0.384. The van der Waals surface area contributed by atoms with Gasteiger partial charge in [0.25, 0.3) is 11.6 Å². The van der Waals surface area contributed by atoms with Crippen LogP contribution in [0.1, 0.15) is 34.7 Å². The van der Waals surface area contributed by atoms with Crippen molar-refractivity contribution in [1.29, 1.82) is 0 Å². The zero-order valence-corrected chi connectivity index (χ0v) is 16.5. The summed E-state index contributed by atoms with van der Waals surface area (Å²) in [5.74, 6) is 0.469. The molecule has 2 aromatic carbocycles. The van der Waals surface area contributed by atoms with E-state index in [0.29, 0.717) is 35.0 Å². The monoisotopic (exact) mass is 404 g/mol. The fourth-order valence-electron chi connectivity index (χ4n) is 3.52. The molecule has 1 atom stereocenters. The largest absolute Gasteiger partial charge is 0.494 e. The fourth-order valence-corrected chi connectivity index (χ4v) is 3.52. The molecular weight excluding hydrogens is 384 g/mol. The highest BCUT2D eigenvalue weighted by molar-refractivity contribution is 6.11. The molecule has 0 saturated heterocycles. The maximum atomic E-state index is 13.2. The van der Waals surface area contributed by atoms with E-state index in [4.69, 9.17) is 4.74 Å². The molecule has 0 fully saturated rings. The van der Waals surface area contributed by atoms with Gasteiger partial charge in [-0.3, -0.25) is 24.8 Å². The van der Waals surface area contributed by atoms with Crippen LogP contribution >= 0.6 is 0 Å². The van der Waals surface area contributed by atoms with Gasteiger partial charge in [-0.1, -0.05) is 6.07 Å². The molecule has 30 heavy (non-hydrogen) atoms. The van der Waals surface area contributed by atoms with E-state index in [2.05, 4.69) is 10.3 Å². The Morgan fingerprint density at radius 2 is 1.97 bits per heavy atom. The van der Waals surface area contributed by atoms with E-state index < -0.39 is 11.1 Å². The first kappa shape index (κ1) is 19.4. The van der Waals surface area contributed by atoms with Crippen LogP contribution in [0.5, 0.6) is 5.75 Å². The zero-order chi connectivity index (χ0) is 21.3. The smallest absolute Gasteiger partial charge is 0.292 e. The van der Waals surface area contributed by atoms with Gasteiger partial charge in [0.2, 0.25) is 0 Å². The van der Waals surface area contributed by atoms with Gasteiger partial charge in [-0.25, -0.2) is 0 Å². The summed E-state index contributed by atoms with van der Waals surface area (Å²) < 4.78 is 5.48. The molecule has 1 unspecified atom stereocenters. The van der Waals surface area contributed by atoms with E-state index in [-0.39, 0.29) is 11.6 Å². The molecule has 0 radical (unpaired) electrons. The number of amides is 1. The number of anilines is 2. The molecule has 4 rings (SSSR count). The van der Waals surface area contributed by atoms with Crippen molar-refractivity contribution in [2.24, 2.45) is 0 Å². The maximum Gasteiger partial charge on any atom is 0.292 e. The fraction of sp³-hybridized carbons (Fsp3) is 0.182. The van der Waals surface area contributed by atoms with Crippen molar-refractivity contribution in [3.8, 4) is 5.75 Å². The maximum absolute atomic E-state index is 13.2. The van der Waals surface area contributed by atoms with Crippen molar-refractivity contribution in [3.63, 3.8) is 0 Å². The highest BCUT2D eigenvalue weighted by Gasteiger charge is 2.39. The minimum Gasteiger partial charge on any atom is -0.494 e. The molecule has 8 heteroatoms. The van der Waals surface area contributed by atoms with Crippen LogP contribution in [0.3, 0.4) is 0 Å². The Hall–Kier alpha value is -3.94. The van der Waals surface area contributed by atoms with E-state index in [1.165, 1.54) is 6.07 Å². The number of hydrogen-bond acceptors (Lipinski definition) is 6. The predicted molar refractivity (Wildman–Crippen MR) is 113 cm³/mol. The zero-order valence-electron chi connectivity index (χ0n) is 16.5. The lowest BCUT2D eigenvalue weighted by Crippen LogP contribution is -2.32. The SMILES string of the molecule is CCOc1ccc(N2C(=O)c3cccnc3C2Nc2ccc(C)cc2[N+](=O)[O-])cc1. The number of benzene rings is 2.